The van der Waals surface area contributed by atoms with Crippen LogP contribution in [0.3, 0.4) is 0 Å². The van der Waals surface area contributed by atoms with Gasteiger partial charge in [-0.05, 0) is 65.2 Å². The van der Waals surface area contributed by atoms with E-state index in [9.17, 15) is 8.42 Å². The van der Waals surface area contributed by atoms with Crippen molar-refractivity contribution < 1.29 is 17.4 Å². The summed E-state index contributed by atoms with van der Waals surface area (Å²) in [6, 6.07) is 9.95. The molecule has 1 aliphatic rings. The van der Waals surface area contributed by atoms with E-state index in [2.05, 4.69) is 26.1 Å². The minimum Gasteiger partial charge on any atom is -0.444 e. The Hall–Kier alpha value is -1.97. The molecule has 7 nitrogen and oxygen atoms in total. The molecule has 0 unspecified atom stereocenters. The maximum absolute atomic E-state index is 12.5. The van der Waals surface area contributed by atoms with Gasteiger partial charge in [0.15, 0.2) is 10.4 Å². The highest BCUT2D eigenvalue weighted by Gasteiger charge is 2.27. The number of hydrogen-bond donors (Lipinski definition) is 0. The van der Waals surface area contributed by atoms with Crippen molar-refractivity contribution in [3.63, 3.8) is 0 Å². The van der Waals surface area contributed by atoms with Gasteiger partial charge in [0.25, 0.3) is 5.89 Å². The summed E-state index contributed by atoms with van der Waals surface area (Å²) in [5.41, 5.74) is 0.668. The van der Waals surface area contributed by atoms with Gasteiger partial charge in [-0.1, -0.05) is 5.16 Å². The van der Waals surface area contributed by atoms with Crippen molar-refractivity contribution in [2.75, 3.05) is 13.1 Å². The van der Waals surface area contributed by atoms with Gasteiger partial charge in [-0.15, -0.1) is 0 Å². The molecule has 0 atom stereocenters. The van der Waals surface area contributed by atoms with Crippen LogP contribution < -0.4 is 0 Å². The van der Waals surface area contributed by atoms with Crippen molar-refractivity contribution in [3.8, 4) is 23.0 Å². The van der Waals surface area contributed by atoms with Crippen molar-refractivity contribution in [1.82, 2.24) is 14.4 Å². The van der Waals surface area contributed by atoms with Crippen molar-refractivity contribution in [1.29, 1.82) is 0 Å². The number of aromatic nitrogens is 2. The third kappa shape index (κ3) is 3.14. The van der Waals surface area contributed by atoms with Crippen LogP contribution in [0.5, 0.6) is 0 Å². The SMILES string of the molecule is O=S(=O)(c1ccc(-c2noc(-c3ccc(Br)o3)n2)cc1)N1CCCC1. The van der Waals surface area contributed by atoms with Crippen LogP contribution in [0.1, 0.15) is 12.8 Å². The van der Waals surface area contributed by atoms with Gasteiger partial charge in [-0.3, -0.25) is 0 Å². The zero-order chi connectivity index (χ0) is 17.4. The second kappa shape index (κ2) is 6.40. The number of furan rings is 1. The first-order valence-electron chi connectivity index (χ1n) is 7.74. The molecule has 0 bridgehead atoms. The maximum Gasteiger partial charge on any atom is 0.293 e. The molecule has 1 saturated heterocycles. The second-order valence-corrected chi connectivity index (χ2v) is 8.38. The molecule has 4 rings (SSSR count). The lowest BCUT2D eigenvalue weighted by Gasteiger charge is -2.15. The van der Waals surface area contributed by atoms with Gasteiger partial charge in [-0.2, -0.15) is 9.29 Å². The van der Waals surface area contributed by atoms with Gasteiger partial charge >= 0.3 is 0 Å². The highest BCUT2D eigenvalue weighted by Crippen LogP contribution is 2.27. The van der Waals surface area contributed by atoms with Crippen LogP contribution in [0.25, 0.3) is 23.0 Å². The lowest BCUT2D eigenvalue weighted by molar-refractivity contribution is 0.414. The molecule has 0 radical (unpaired) electrons. The lowest BCUT2D eigenvalue weighted by Crippen LogP contribution is -2.27. The zero-order valence-corrected chi connectivity index (χ0v) is 15.5. The van der Waals surface area contributed by atoms with Crippen molar-refractivity contribution >= 4 is 26.0 Å². The molecule has 1 aliphatic heterocycles. The van der Waals surface area contributed by atoms with Gasteiger partial charge in [0.2, 0.25) is 15.8 Å². The summed E-state index contributed by atoms with van der Waals surface area (Å²) in [5.74, 6) is 1.08. The van der Waals surface area contributed by atoms with Crippen LogP contribution >= 0.6 is 15.9 Å². The molecule has 1 aromatic carbocycles. The number of hydrogen-bond acceptors (Lipinski definition) is 6. The van der Waals surface area contributed by atoms with E-state index in [4.69, 9.17) is 8.94 Å². The smallest absolute Gasteiger partial charge is 0.293 e. The zero-order valence-electron chi connectivity index (χ0n) is 13.1. The van der Waals surface area contributed by atoms with Gasteiger partial charge < -0.3 is 8.94 Å². The van der Waals surface area contributed by atoms with Crippen molar-refractivity contribution in [2.24, 2.45) is 0 Å². The summed E-state index contributed by atoms with van der Waals surface area (Å²) >= 11 is 3.22. The quantitative estimate of drug-likeness (QED) is 0.637. The highest BCUT2D eigenvalue weighted by molar-refractivity contribution is 9.10. The maximum atomic E-state index is 12.5. The Balaban J connectivity index is 1.59. The first kappa shape index (κ1) is 16.5. The monoisotopic (exact) mass is 423 g/mol. The van der Waals surface area contributed by atoms with Gasteiger partial charge in [0.1, 0.15) is 0 Å². The van der Waals surface area contributed by atoms with Crippen molar-refractivity contribution in [3.05, 3.63) is 41.1 Å². The number of nitrogens with zero attached hydrogens (tertiary/aromatic N) is 3. The fourth-order valence-corrected chi connectivity index (χ4v) is 4.55. The Kier molecular flexibility index (Phi) is 4.22. The average molecular weight is 424 g/mol. The first-order chi connectivity index (χ1) is 12.0. The summed E-state index contributed by atoms with van der Waals surface area (Å²) in [4.78, 5) is 4.56. The molecule has 0 aliphatic carbocycles. The molecular weight excluding hydrogens is 410 g/mol. The molecule has 0 spiro atoms. The van der Waals surface area contributed by atoms with E-state index in [0.717, 1.165) is 12.8 Å². The summed E-state index contributed by atoms with van der Waals surface area (Å²) in [5, 5.41) is 3.92. The summed E-state index contributed by atoms with van der Waals surface area (Å²) in [6.07, 6.45) is 1.82. The molecule has 1 fully saturated rings. The van der Waals surface area contributed by atoms with E-state index in [1.54, 1.807) is 36.4 Å². The minimum absolute atomic E-state index is 0.259. The molecule has 0 amide bonds. The van der Waals surface area contributed by atoms with Crippen LogP contribution in [0.15, 0.2) is 54.9 Å². The minimum atomic E-state index is -3.42. The largest absolute Gasteiger partial charge is 0.444 e. The fraction of sp³-hybridized carbons (Fsp3) is 0.250. The molecule has 25 heavy (non-hydrogen) atoms. The van der Waals surface area contributed by atoms with E-state index < -0.39 is 10.0 Å². The third-order valence-corrected chi connectivity index (χ3v) is 6.36. The van der Waals surface area contributed by atoms with Gasteiger partial charge in [0, 0.05) is 18.7 Å². The van der Waals surface area contributed by atoms with Crippen molar-refractivity contribution in [2.45, 2.75) is 17.7 Å². The predicted octanol–water partition coefficient (Wildman–Crippen LogP) is 3.54. The van der Waals surface area contributed by atoms with Gasteiger partial charge in [0.05, 0.1) is 4.90 Å². The topological polar surface area (TPSA) is 89.4 Å². The highest BCUT2D eigenvalue weighted by atomic mass is 79.9. The second-order valence-electron chi connectivity index (χ2n) is 5.66. The van der Waals surface area contributed by atoms with Crippen LogP contribution in [-0.2, 0) is 10.0 Å². The number of benzene rings is 1. The number of halogens is 1. The van der Waals surface area contributed by atoms with E-state index in [0.29, 0.717) is 34.9 Å². The Morgan fingerprint density at radius 2 is 1.76 bits per heavy atom. The van der Waals surface area contributed by atoms with E-state index in [1.165, 1.54) is 4.31 Å². The van der Waals surface area contributed by atoms with Crippen LogP contribution in [0.2, 0.25) is 0 Å². The Morgan fingerprint density at radius 3 is 2.40 bits per heavy atom. The molecule has 3 heterocycles. The number of sulfonamides is 1. The van der Waals surface area contributed by atoms with Crippen LogP contribution in [-0.4, -0.2) is 36.0 Å². The Bertz CT molecular complexity index is 989. The summed E-state index contributed by atoms with van der Waals surface area (Å²) in [6.45, 7) is 1.16. The molecule has 9 heteroatoms. The number of rotatable bonds is 4. The molecule has 130 valence electrons. The standard InChI is InChI=1S/C16H14BrN3O4S/c17-14-8-7-13(23-14)16-18-15(19-24-16)11-3-5-12(6-4-11)25(21,22)20-9-1-2-10-20/h3-8H,1-2,9-10H2. The third-order valence-electron chi connectivity index (χ3n) is 4.03. The van der Waals surface area contributed by atoms with Crippen LogP contribution in [0.4, 0.5) is 0 Å². The molecule has 0 N–H and O–H groups in total. The summed E-state index contributed by atoms with van der Waals surface area (Å²) < 4.78 is 37.7. The molecule has 0 saturated carbocycles. The average Bonchev–Trinajstić information content (AvgIpc) is 3.36. The molecule has 3 aromatic rings. The van der Waals surface area contributed by atoms with E-state index >= 15 is 0 Å². The van der Waals surface area contributed by atoms with E-state index in [1.807, 2.05) is 0 Å². The predicted molar refractivity (Wildman–Crippen MR) is 93.1 cm³/mol. The molecule has 2 aromatic heterocycles. The normalized spacial score (nSPS) is 15.7. The molecular formula is C16H14BrN3O4S. The summed E-state index contributed by atoms with van der Waals surface area (Å²) in [7, 11) is -3.42. The first-order valence-corrected chi connectivity index (χ1v) is 9.97. The fourth-order valence-electron chi connectivity index (χ4n) is 2.72. The Morgan fingerprint density at radius 1 is 1.04 bits per heavy atom. The van der Waals surface area contributed by atoms with Gasteiger partial charge in [-0.25, -0.2) is 8.42 Å². The lowest BCUT2D eigenvalue weighted by atomic mass is 10.2. The van der Waals surface area contributed by atoms with Crippen LogP contribution in [0, 0.1) is 0 Å². The Labute approximate surface area is 152 Å². The van der Waals surface area contributed by atoms with E-state index in [-0.39, 0.29) is 10.8 Å².